The normalized spacial score (nSPS) is 29.4. The smallest absolute Gasteiger partial charge is 0.121 e. The number of alkyl halides is 1. The van der Waals surface area contributed by atoms with Crippen LogP contribution in [0.5, 0.6) is 0 Å². The molecule has 0 aromatic heterocycles. The van der Waals surface area contributed by atoms with Crippen molar-refractivity contribution in [2.75, 3.05) is 19.7 Å². The quantitative estimate of drug-likeness (QED) is 0.520. The molecule has 1 rings (SSSR count). The number of ether oxygens (including phenoxy) is 1. The molecule has 0 saturated carbocycles. The van der Waals surface area contributed by atoms with E-state index in [4.69, 9.17) is 4.74 Å². The molecule has 0 N–H and O–H groups in total. The first kappa shape index (κ1) is 8.74. The summed E-state index contributed by atoms with van der Waals surface area (Å²) in [5, 5.41) is 0. The van der Waals surface area contributed by atoms with Crippen LogP contribution in [0, 0.1) is 0 Å². The summed E-state index contributed by atoms with van der Waals surface area (Å²) in [5.74, 6) is 0. The van der Waals surface area contributed by atoms with Gasteiger partial charge in [0.15, 0.2) is 0 Å². The second-order valence-corrected chi connectivity index (χ2v) is 4.26. The molecule has 0 radical (unpaired) electrons. The van der Waals surface area contributed by atoms with E-state index in [0.717, 1.165) is 19.7 Å². The lowest BCUT2D eigenvalue weighted by Gasteiger charge is -2.32. The van der Waals surface area contributed by atoms with E-state index in [2.05, 4.69) is 41.3 Å². The van der Waals surface area contributed by atoms with Crippen molar-refractivity contribution in [2.24, 2.45) is 0 Å². The van der Waals surface area contributed by atoms with Crippen LogP contribution in [0.2, 0.25) is 0 Å². The predicted molar refractivity (Wildman–Crippen MR) is 50.5 cm³/mol. The van der Waals surface area contributed by atoms with Gasteiger partial charge in [0.05, 0.1) is 6.61 Å². The zero-order valence-corrected chi connectivity index (χ0v) is 8.67. The first-order chi connectivity index (χ1) is 4.70. The Labute approximate surface area is 76.1 Å². The average molecular weight is 255 g/mol. The molecular formula is C7H14INO. The molecule has 10 heavy (non-hydrogen) atoms. The first-order valence-electron chi connectivity index (χ1n) is 3.70. The topological polar surface area (TPSA) is 12.5 Å². The molecule has 1 saturated heterocycles. The summed E-state index contributed by atoms with van der Waals surface area (Å²) in [6.45, 7) is 7.53. The van der Waals surface area contributed by atoms with Crippen LogP contribution >= 0.6 is 22.6 Å². The minimum atomic E-state index is 0.397. The maximum Gasteiger partial charge on any atom is 0.121 e. The lowest BCUT2D eigenvalue weighted by Crippen LogP contribution is -2.43. The monoisotopic (exact) mass is 255 g/mol. The van der Waals surface area contributed by atoms with E-state index in [1.807, 2.05) is 0 Å². The van der Waals surface area contributed by atoms with Gasteiger partial charge in [0.1, 0.15) is 4.11 Å². The van der Waals surface area contributed by atoms with Crippen molar-refractivity contribution in [1.29, 1.82) is 0 Å². The SMILES string of the molecule is CC(C)N1CCO[C@@H](I)C1. The summed E-state index contributed by atoms with van der Waals surface area (Å²) in [4.78, 5) is 2.45. The molecule has 0 aromatic rings. The fourth-order valence-corrected chi connectivity index (χ4v) is 1.86. The van der Waals surface area contributed by atoms with Crippen molar-refractivity contribution in [2.45, 2.75) is 24.0 Å². The number of rotatable bonds is 1. The van der Waals surface area contributed by atoms with Crippen molar-refractivity contribution < 1.29 is 4.74 Å². The highest BCUT2D eigenvalue weighted by Crippen LogP contribution is 2.12. The third-order valence-corrected chi connectivity index (χ3v) is 2.54. The van der Waals surface area contributed by atoms with Gasteiger partial charge in [0.2, 0.25) is 0 Å². The van der Waals surface area contributed by atoms with Crippen LogP contribution in [0.1, 0.15) is 13.8 Å². The van der Waals surface area contributed by atoms with Gasteiger partial charge in [-0.3, -0.25) is 4.90 Å². The van der Waals surface area contributed by atoms with Crippen molar-refractivity contribution in [3.05, 3.63) is 0 Å². The number of hydrogen-bond donors (Lipinski definition) is 0. The maximum atomic E-state index is 5.40. The summed E-state index contributed by atoms with van der Waals surface area (Å²) in [7, 11) is 0. The van der Waals surface area contributed by atoms with E-state index in [0.29, 0.717) is 10.2 Å². The number of halogens is 1. The maximum absolute atomic E-state index is 5.40. The summed E-state index contributed by atoms with van der Waals surface area (Å²) >= 11 is 2.34. The number of hydrogen-bond acceptors (Lipinski definition) is 2. The Hall–Kier alpha value is 0.650. The van der Waals surface area contributed by atoms with E-state index >= 15 is 0 Å². The molecule has 60 valence electrons. The molecule has 1 aliphatic rings. The van der Waals surface area contributed by atoms with E-state index in [1.165, 1.54) is 0 Å². The van der Waals surface area contributed by atoms with Crippen molar-refractivity contribution in [3.63, 3.8) is 0 Å². The van der Waals surface area contributed by atoms with Crippen molar-refractivity contribution >= 4 is 22.6 Å². The number of morpholine rings is 1. The van der Waals surface area contributed by atoms with Gasteiger partial charge < -0.3 is 4.74 Å². The van der Waals surface area contributed by atoms with Crippen LogP contribution in [-0.2, 0) is 4.74 Å². The Morgan fingerprint density at radius 1 is 1.60 bits per heavy atom. The molecule has 0 aromatic carbocycles. The Kier molecular flexibility index (Phi) is 3.39. The van der Waals surface area contributed by atoms with Gasteiger partial charge >= 0.3 is 0 Å². The van der Waals surface area contributed by atoms with Gasteiger partial charge in [-0.05, 0) is 36.4 Å². The summed E-state index contributed by atoms with van der Waals surface area (Å²) in [5.41, 5.74) is 0. The van der Waals surface area contributed by atoms with Gasteiger partial charge in [-0.15, -0.1) is 0 Å². The molecule has 0 bridgehead atoms. The Morgan fingerprint density at radius 3 is 2.70 bits per heavy atom. The van der Waals surface area contributed by atoms with Crippen LogP contribution < -0.4 is 0 Å². The third kappa shape index (κ3) is 2.36. The fourth-order valence-electron chi connectivity index (χ4n) is 1.10. The highest BCUT2D eigenvalue weighted by Gasteiger charge is 2.19. The van der Waals surface area contributed by atoms with Crippen LogP contribution in [0.25, 0.3) is 0 Å². The molecule has 1 atom stereocenters. The van der Waals surface area contributed by atoms with Crippen LogP contribution in [0.3, 0.4) is 0 Å². The Morgan fingerprint density at radius 2 is 2.30 bits per heavy atom. The number of nitrogens with zero attached hydrogens (tertiary/aromatic N) is 1. The van der Waals surface area contributed by atoms with Crippen molar-refractivity contribution in [3.8, 4) is 0 Å². The minimum Gasteiger partial charge on any atom is -0.365 e. The molecule has 0 amide bonds. The van der Waals surface area contributed by atoms with E-state index in [1.54, 1.807) is 0 Å². The van der Waals surface area contributed by atoms with Crippen LogP contribution in [0.4, 0.5) is 0 Å². The van der Waals surface area contributed by atoms with E-state index in [9.17, 15) is 0 Å². The van der Waals surface area contributed by atoms with Gasteiger partial charge in [0.25, 0.3) is 0 Å². The third-order valence-electron chi connectivity index (χ3n) is 1.79. The molecular weight excluding hydrogens is 241 g/mol. The molecule has 1 fully saturated rings. The van der Waals surface area contributed by atoms with Gasteiger partial charge in [-0.2, -0.15) is 0 Å². The minimum absolute atomic E-state index is 0.397. The molecule has 0 aliphatic carbocycles. The van der Waals surface area contributed by atoms with E-state index in [-0.39, 0.29) is 0 Å². The summed E-state index contributed by atoms with van der Waals surface area (Å²) in [6.07, 6.45) is 0. The highest BCUT2D eigenvalue weighted by atomic mass is 127. The lowest BCUT2D eigenvalue weighted by atomic mass is 10.3. The van der Waals surface area contributed by atoms with Crippen LogP contribution in [0.15, 0.2) is 0 Å². The molecule has 0 unspecified atom stereocenters. The molecule has 0 spiro atoms. The Balaban J connectivity index is 2.32. The molecule has 1 aliphatic heterocycles. The largest absolute Gasteiger partial charge is 0.365 e. The van der Waals surface area contributed by atoms with Gasteiger partial charge in [0, 0.05) is 19.1 Å². The zero-order valence-electron chi connectivity index (χ0n) is 6.51. The average Bonchev–Trinajstić information content (AvgIpc) is 1.88. The summed E-state index contributed by atoms with van der Waals surface area (Å²) < 4.78 is 5.80. The van der Waals surface area contributed by atoms with Gasteiger partial charge in [-0.1, -0.05) is 0 Å². The Bertz CT molecular complexity index is 108. The molecule has 1 heterocycles. The second kappa shape index (κ2) is 3.88. The fraction of sp³-hybridized carbons (Fsp3) is 1.00. The highest BCUT2D eigenvalue weighted by molar-refractivity contribution is 14.1. The van der Waals surface area contributed by atoms with Crippen LogP contribution in [-0.4, -0.2) is 34.7 Å². The lowest BCUT2D eigenvalue weighted by molar-refractivity contribution is 0.0134. The molecule has 2 nitrogen and oxygen atoms in total. The van der Waals surface area contributed by atoms with Gasteiger partial charge in [-0.25, -0.2) is 0 Å². The van der Waals surface area contributed by atoms with Crippen molar-refractivity contribution in [1.82, 2.24) is 4.90 Å². The zero-order chi connectivity index (χ0) is 7.56. The van der Waals surface area contributed by atoms with E-state index < -0.39 is 0 Å². The predicted octanol–water partition coefficient (Wildman–Crippen LogP) is 1.49. The molecule has 3 heteroatoms. The second-order valence-electron chi connectivity index (χ2n) is 2.87. The standard InChI is InChI=1S/C7H14INO/c1-6(2)9-3-4-10-7(8)5-9/h6-7H,3-5H2,1-2H3/t7-/m1/s1. The summed E-state index contributed by atoms with van der Waals surface area (Å²) in [6, 6.07) is 0.668. The first-order valence-corrected chi connectivity index (χ1v) is 4.94.